The molecule has 1 saturated carbocycles. The maximum absolute atomic E-state index is 6.25. The third-order valence-electron chi connectivity index (χ3n) is 4.77. The number of hydrogen-bond donors (Lipinski definition) is 1. The lowest BCUT2D eigenvalue weighted by Gasteiger charge is -2.41. The van der Waals surface area contributed by atoms with Crippen molar-refractivity contribution in [1.82, 2.24) is 4.90 Å². The average Bonchev–Trinajstić information content (AvgIpc) is 2.44. The zero-order valence-electron chi connectivity index (χ0n) is 12.7. The van der Waals surface area contributed by atoms with Gasteiger partial charge in [-0.25, -0.2) is 0 Å². The molecule has 1 aliphatic rings. The van der Waals surface area contributed by atoms with E-state index in [1.165, 1.54) is 31.2 Å². The summed E-state index contributed by atoms with van der Waals surface area (Å²) >= 11 is 6.25. The quantitative estimate of drug-likeness (QED) is 0.891. The van der Waals surface area contributed by atoms with Gasteiger partial charge in [0.05, 0.1) is 0 Å². The molecule has 0 atom stereocenters. The number of halogens is 1. The topological polar surface area (TPSA) is 29.3 Å². The average molecular weight is 295 g/mol. The summed E-state index contributed by atoms with van der Waals surface area (Å²) in [5.41, 5.74) is 7.61. The monoisotopic (exact) mass is 294 g/mol. The van der Waals surface area contributed by atoms with Crippen molar-refractivity contribution in [3.8, 4) is 0 Å². The van der Waals surface area contributed by atoms with Crippen LogP contribution in [0, 0.1) is 11.3 Å². The molecular formula is C17H27ClN2. The number of rotatable bonds is 5. The molecule has 0 unspecified atom stereocenters. The number of nitrogens with zero attached hydrogens (tertiary/aromatic N) is 1. The van der Waals surface area contributed by atoms with Crippen LogP contribution in [0.5, 0.6) is 0 Å². The molecule has 1 aromatic carbocycles. The maximum Gasteiger partial charge on any atom is 0.0451 e. The van der Waals surface area contributed by atoms with Crippen molar-refractivity contribution in [2.24, 2.45) is 17.1 Å². The standard InChI is InChI=1S/C17H27ClN2/c1-14-7-9-17(12-19,10-8-14)13-20(2)11-15-5-3-4-6-16(15)18/h3-6,14H,7-13,19H2,1-2H3. The molecule has 1 aliphatic carbocycles. The number of nitrogens with two attached hydrogens (primary N) is 1. The third-order valence-corrected chi connectivity index (χ3v) is 5.14. The van der Waals surface area contributed by atoms with Gasteiger partial charge < -0.3 is 10.6 Å². The van der Waals surface area contributed by atoms with Gasteiger partial charge >= 0.3 is 0 Å². The molecule has 0 heterocycles. The van der Waals surface area contributed by atoms with Gasteiger partial charge in [-0.3, -0.25) is 0 Å². The van der Waals surface area contributed by atoms with Crippen LogP contribution >= 0.6 is 11.6 Å². The minimum atomic E-state index is 0.308. The van der Waals surface area contributed by atoms with Crippen molar-refractivity contribution in [3.63, 3.8) is 0 Å². The van der Waals surface area contributed by atoms with Gasteiger partial charge in [-0.05, 0) is 49.4 Å². The summed E-state index contributed by atoms with van der Waals surface area (Å²) < 4.78 is 0. The van der Waals surface area contributed by atoms with Crippen LogP contribution in [0.4, 0.5) is 0 Å². The summed E-state index contributed by atoms with van der Waals surface area (Å²) in [7, 11) is 2.18. The molecule has 0 spiro atoms. The van der Waals surface area contributed by atoms with Gasteiger partial charge in [0.1, 0.15) is 0 Å². The van der Waals surface area contributed by atoms with Crippen molar-refractivity contribution >= 4 is 11.6 Å². The lowest BCUT2D eigenvalue weighted by Crippen LogP contribution is -2.43. The fourth-order valence-electron chi connectivity index (χ4n) is 3.35. The van der Waals surface area contributed by atoms with Gasteiger partial charge in [0.25, 0.3) is 0 Å². The first-order valence-electron chi connectivity index (χ1n) is 7.67. The zero-order valence-corrected chi connectivity index (χ0v) is 13.5. The Kier molecular flexibility index (Phi) is 5.48. The summed E-state index contributed by atoms with van der Waals surface area (Å²) in [6.07, 6.45) is 5.16. The molecule has 1 aromatic rings. The molecule has 112 valence electrons. The summed E-state index contributed by atoms with van der Waals surface area (Å²) in [6.45, 7) is 5.12. The minimum Gasteiger partial charge on any atom is -0.330 e. The van der Waals surface area contributed by atoms with E-state index in [1.54, 1.807) is 0 Å². The first-order chi connectivity index (χ1) is 9.54. The molecule has 2 N–H and O–H groups in total. The van der Waals surface area contributed by atoms with Crippen molar-refractivity contribution < 1.29 is 0 Å². The third kappa shape index (κ3) is 3.97. The first-order valence-corrected chi connectivity index (χ1v) is 8.04. The lowest BCUT2D eigenvalue weighted by molar-refractivity contribution is 0.105. The summed E-state index contributed by atoms with van der Waals surface area (Å²) in [5, 5.41) is 0.860. The second kappa shape index (κ2) is 6.93. The van der Waals surface area contributed by atoms with E-state index in [2.05, 4.69) is 31.0 Å². The smallest absolute Gasteiger partial charge is 0.0451 e. The predicted octanol–water partition coefficient (Wildman–Crippen LogP) is 3.93. The summed E-state index contributed by atoms with van der Waals surface area (Å²) in [5.74, 6) is 0.864. The molecule has 0 saturated heterocycles. The Labute approximate surface area is 128 Å². The van der Waals surface area contributed by atoms with Gasteiger partial charge in [-0.2, -0.15) is 0 Å². The highest BCUT2D eigenvalue weighted by Gasteiger charge is 2.33. The minimum absolute atomic E-state index is 0.308. The van der Waals surface area contributed by atoms with Gasteiger partial charge in [0, 0.05) is 18.1 Å². The SMILES string of the molecule is CC1CCC(CN)(CN(C)Cc2ccccc2Cl)CC1. The van der Waals surface area contributed by atoms with E-state index in [1.807, 2.05) is 12.1 Å². The summed E-state index contributed by atoms with van der Waals surface area (Å²) in [4.78, 5) is 2.38. The second-order valence-corrected chi connectivity index (χ2v) is 7.06. The normalized spacial score (nSPS) is 26.9. The van der Waals surface area contributed by atoms with Crippen molar-refractivity contribution in [2.75, 3.05) is 20.1 Å². The Balaban J connectivity index is 1.96. The molecule has 0 radical (unpaired) electrons. The Morgan fingerprint density at radius 2 is 1.95 bits per heavy atom. The van der Waals surface area contributed by atoms with Crippen molar-refractivity contribution in [2.45, 2.75) is 39.2 Å². The molecule has 2 nitrogen and oxygen atoms in total. The van der Waals surface area contributed by atoms with E-state index >= 15 is 0 Å². The van der Waals surface area contributed by atoms with Gasteiger partial charge in [0.15, 0.2) is 0 Å². The molecule has 20 heavy (non-hydrogen) atoms. The van der Waals surface area contributed by atoms with Gasteiger partial charge in [0.2, 0.25) is 0 Å². The largest absolute Gasteiger partial charge is 0.330 e. The van der Waals surface area contributed by atoms with Crippen LogP contribution in [-0.2, 0) is 6.54 Å². The lowest BCUT2D eigenvalue weighted by atomic mass is 9.70. The highest BCUT2D eigenvalue weighted by atomic mass is 35.5. The Bertz CT molecular complexity index is 425. The van der Waals surface area contributed by atoms with Crippen LogP contribution in [0.25, 0.3) is 0 Å². The Morgan fingerprint density at radius 3 is 2.55 bits per heavy atom. The van der Waals surface area contributed by atoms with E-state index in [4.69, 9.17) is 17.3 Å². The van der Waals surface area contributed by atoms with Crippen LogP contribution in [0.2, 0.25) is 5.02 Å². The van der Waals surface area contributed by atoms with Crippen LogP contribution in [0.1, 0.15) is 38.2 Å². The molecule has 2 rings (SSSR count). The molecule has 0 bridgehead atoms. The molecule has 0 aromatic heterocycles. The Morgan fingerprint density at radius 1 is 1.30 bits per heavy atom. The van der Waals surface area contributed by atoms with E-state index in [0.717, 1.165) is 30.6 Å². The predicted molar refractivity (Wildman–Crippen MR) is 86.9 cm³/mol. The van der Waals surface area contributed by atoms with E-state index < -0.39 is 0 Å². The fraction of sp³-hybridized carbons (Fsp3) is 0.647. The van der Waals surface area contributed by atoms with Crippen LogP contribution in [0.15, 0.2) is 24.3 Å². The van der Waals surface area contributed by atoms with Gasteiger partial charge in [-0.1, -0.05) is 49.6 Å². The van der Waals surface area contributed by atoms with Crippen molar-refractivity contribution in [3.05, 3.63) is 34.9 Å². The number of hydrogen-bond acceptors (Lipinski definition) is 2. The molecular weight excluding hydrogens is 268 g/mol. The maximum atomic E-state index is 6.25. The molecule has 3 heteroatoms. The Hall–Kier alpha value is -0.570. The van der Waals surface area contributed by atoms with Crippen LogP contribution < -0.4 is 5.73 Å². The van der Waals surface area contributed by atoms with Crippen molar-refractivity contribution in [1.29, 1.82) is 0 Å². The van der Waals surface area contributed by atoms with Crippen LogP contribution in [0.3, 0.4) is 0 Å². The zero-order chi connectivity index (χ0) is 14.6. The molecule has 1 fully saturated rings. The molecule has 0 amide bonds. The highest BCUT2D eigenvalue weighted by molar-refractivity contribution is 6.31. The molecule has 0 aliphatic heterocycles. The number of benzene rings is 1. The first kappa shape index (κ1) is 15.8. The second-order valence-electron chi connectivity index (χ2n) is 6.65. The van der Waals surface area contributed by atoms with Gasteiger partial charge in [-0.15, -0.1) is 0 Å². The van der Waals surface area contributed by atoms with E-state index in [0.29, 0.717) is 5.41 Å². The summed E-state index contributed by atoms with van der Waals surface area (Å²) in [6, 6.07) is 8.11. The fourth-order valence-corrected chi connectivity index (χ4v) is 3.54. The van der Waals surface area contributed by atoms with E-state index in [-0.39, 0.29) is 0 Å². The highest BCUT2D eigenvalue weighted by Crippen LogP contribution is 2.38. The van der Waals surface area contributed by atoms with E-state index in [9.17, 15) is 0 Å². The van der Waals surface area contributed by atoms with Crippen LogP contribution in [-0.4, -0.2) is 25.0 Å².